The zero-order valence-electron chi connectivity index (χ0n) is 42.4. The van der Waals surface area contributed by atoms with Gasteiger partial charge in [-0.1, -0.05) is 67.1 Å². The molecule has 75 heavy (non-hydrogen) atoms. The van der Waals surface area contributed by atoms with E-state index in [-0.39, 0.29) is 35.6 Å². The topological polar surface area (TPSA) is 258 Å². The lowest BCUT2D eigenvalue weighted by Crippen LogP contribution is -2.59. The monoisotopic (exact) mass is 1030 g/mol. The van der Waals surface area contributed by atoms with E-state index in [0.717, 1.165) is 83.5 Å². The Morgan fingerprint density at radius 2 is 1.56 bits per heavy atom. The van der Waals surface area contributed by atoms with Gasteiger partial charge in [-0.3, -0.25) is 9.36 Å². The smallest absolute Gasteiger partial charge is 0.252 e. The minimum Gasteiger partial charge on any atom is -0.388 e. The number of aromatic nitrogens is 10. The number of imidazole rings is 1. The predicted molar refractivity (Wildman–Crippen MR) is 287 cm³/mol. The molecule has 2 bridgehead atoms. The number of nitrogens with two attached hydrogens (primary N) is 2. The molecule has 0 unspecified atom stereocenters. The van der Waals surface area contributed by atoms with Crippen molar-refractivity contribution < 1.29 is 29.2 Å². The van der Waals surface area contributed by atoms with E-state index in [9.17, 15) is 15.0 Å². The molecule has 21 heteroatoms. The molecule has 8 N–H and O–H groups in total. The van der Waals surface area contributed by atoms with Gasteiger partial charge in [0.1, 0.15) is 54.2 Å². The first kappa shape index (κ1) is 48.6. The van der Waals surface area contributed by atoms with Crippen LogP contribution in [0, 0.1) is 0 Å². The molecular weight excluding hydrogens is 976 g/mol. The number of methoxy groups -OCH3 is 1. The molecule has 386 valence electrons. The van der Waals surface area contributed by atoms with Crippen LogP contribution < -0.4 is 22.1 Å². The third-order valence-electron chi connectivity index (χ3n) is 15.2. The molecule has 0 radical (unpaired) electrons. The average molecular weight is 1030 g/mol. The van der Waals surface area contributed by atoms with Crippen LogP contribution in [0.1, 0.15) is 75.8 Å². The van der Waals surface area contributed by atoms with Crippen LogP contribution in [0.15, 0.2) is 91.8 Å². The van der Waals surface area contributed by atoms with Crippen LogP contribution in [0.2, 0.25) is 5.02 Å². The fraction of sp³-hybridized carbons (Fsp3) is 0.352. The van der Waals surface area contributed by atoms with Crippen molar-refractivity contribution >= 4 is 95.0 Å². The molecule has 2 saturated heterocycles. The van der Waals surface area contributed by atoms with E-state index in [1.165, 1.54) is 19.0 Å². The molecule has 14 rings (SSSR count). The highest BCUT2D eigenvalue weighted by Gasteiger charge is 2.53. The van der Waals surface area contributed by atoms with E-state index in [1.807, 2.05) is 42.9 Å². The number of carbonyl (C=O) groups is 1. The number of anilines is 2. The standard InChI is InChI=1S/C28H26N4O3.C15H16ClN5.C11H15N5O3/c1-28-26(34-3)17(29-2)12-20(35-28)31-18-10-6-4-8-14(18)22-23-16(13-30-27(23)33)21-15-9-5-7-11-19(15)32(28)25(21)24(22)31;1-15(2,3)21-14-11(13(17)18-8-19-14)12(20-21)9-4-6-10(16)7-5-9;1-2-5-7(17)8(18)11(19-5)16-4-15-6-9(12)13-3-14-10(6)16/h4-11,17,20,26,29H,12-13H2,1-3H3,(H,30,33);4-8H,1-3H3,(H2,17,18,19);3-5,7-8,11,17-18H,2H2,1H3,(H2,12,13,14)/t17-,20-,26-,28+;;5-,7-,8-,11-/m0.1/s1. The lowest BCUT2D eigenvalue weighted by molar-refractivity contribution is -0.256. The van der Waals surface area contributed by atoms with E-state index < -0.39 is 30.3 Å². The Bertz CT molecular complexity index is 3900. The lowest BCUT2D eigenvalue weighted by atomic mass is 9.93. The summed E-state index contributed by atoms with van der Waals surface area (Å²) in [5.74, 6) is 0.702. The number of halogens is 1. The highest BCUT2D eigenvalue weighted by Crippen LogP contribution is 2.54. The molecule has 0 spiro atoms. The predicted octanol–water partition coefficient (Wildman–Crippen LogP) is 7.28. The van der Waals surface area contributed by atoms with Crippen molar-refractivity contribution in [1.82, 2.24) is 59.0 Å². The Labute approximate surface area is 434 Å². The van der Waals surface area contributed by atoms with E-state index >= 15 is 0 Å². The van der Waals surface area contributed by atoms with Crippen molar-refractivity contribution in [1.29, 1.82) is 0 Å². The minimum absolute atomic E-state index is 0.00357. The lowest BCUT2D eigenvalue weighted by Gasteiger charge is -2.48. The first-order valence-corrected chi connectivity index (χ1v) is 25.3. The van der Waals surface area contributed by atoms with Crippen molar-refractivity contribution in [3.05, 3.63) is 108 Å². The number of rotatable bonds is 5. The van der Waals surface area contributed by atoms with Gasteiger partial charge in [-0.2, -0.15) is 5.10 Å². The fourth-order valence-corrected chi connectivity index (χ4v) is 12.1. The molecule has 4 aromatic carbocycles. The number of aliphatic hydroxyl groups is 2. The van der Waals surface area contributed by atoms with Gasteiger partial charge < -0.3 is 55.7 Å². The number of hydrogen-bond acceptors (Lipinski definition) is 15. The van der Waals surface area contributed by atoms with Gasteiger partial charge in [0.25, 0.3) is 5.91 Å². The largest absolute Gasteiger partial charge is 0.388 e. The normalized spacial score (nSPS) is 24.0. The summed E-state index contributed by atoms with van der Waals surface area (Å²) in [4.78, 5) is 33.8. The Morgan fingerprint density at radius 1 is 0.880 bits per heavy atom. The number of nitrogens with one attached hydrogen (secondary N) is 2. The number of carbonyl (C=O) groups excluding carboxylic acids is 1. The SMILES string of the molecule is CC(C)(C)n1nc(-c2ccc(Cl)cc2)c2c(N)ncnc21.CC[C@H]1O[C@@H](n2cnc3c(N)ncnc32)[C@H](O)[C@@H]1O.CN[C@H]1C[C@@H]2O[C@](C)([C@H]1OC)n1c3ccccc3c3c4c(c5c6ccccc6n2c5c31)C(=O)NC4. The Kier molecular flexibility index (Phi) is 11.6. The summed E-state index contributed by atoms with van der Waals surface area (Å²) in [6.45, 7) is 10.8. The minimum atomic E-state index is -1.03. The summed E-state index contributed by atoms with van der Waals surface area (Å²) in [7, 11) is 3.77. The van der Waals surface area contributed by atoms with Gasteiger partial charge in [-0.25, -0.2) is 29.6 Å². The van der Waals surface area contributed by atoms with Crippen LogP contribution in [-0.4, -0.2) is 109 Å². The highest BCUT2D eigenvalue weighted by atomic mass is 35.5. The van der Waals surface area contributed by atoms with Crippen LogP contribution in [0.25, 0.3) is 77.1 Å². The molecule has 8 atom stereocenters. The molecule has 4 aliphatic rings. The number of likely N-dealkylation sites (N-methyl/N-ethyl adjacent to an activating group) is 1. The summed E-state index contributed by atoms with van der Waals surface area (Å²) in [6, 6.07) is 24.5. The van der Waals surface area contributed by atoms with Gasteiger partial charge in [0, 0.05) is 58.2 Å². The second-order valence-electron chi connectivity index (χ2n) is 20.6. The van der Waals surface area contributed by atoms with Crippen LogP contribution in [0.5, 0.6) is 0 Å². The van der Waals surface area contributed by atoms with E-state index in [2.05, 4.69) is 121 Å². The van der Waals surface area contributed by atoms with Crippen molar-refractivity contribution in [2.24, 2.45) is 0 Å². The van der Waals surface area contributed by atoms with Crippen molar-refractivity contribution in [2.75, 3.05) is 25.6 Å². The van der Waals surface area contributed by atoms with Crippen molar-refractivity contribution in [3.63, 3.8) is 0 Å². The van der Waals surface area contributed by atoms with Crippen LogP contribution in [0.3, 0.4) is 0 Å². The molecule has 4 aliphatic heterocycles. The summed E-state index contributed by atoms with van der Waals surface area (Å²) in [6.07, 6.45) is 2.13. The van der Waals surface area contributed by atoms with Crippen LogP contribution in [-0.2, 0) is 32.0 Å². The quantitative estimate of drug-likeness (QED) is 0.0990. The number of nitrogen functional groups attached to an aromatic ring is 2. The van der Waals surface area contributed by atoms with E-state index in [1.54, 1.807) is 11.7 Å². The van der Waals surface area contributed by atoms with Gasteiger partial charge >= 0.3 is 0 Å². The summed E-state index contributed by atoms with van der Waals surface area (Å²) < 4.78 is 27.1. The molecule has 10 heterocycles. The number of ether oxygens (including phenoxy) is 3. The Hall–Kier alpha value is -7.30. The third kappa shape index (κ3) is 7.29. The maximum Gasteiger partial charge on any atom is 0.252 e. The highest BCUT2D eigenvalue weighted by molar-refractivity contribution is 6.31. The van der Waals surface area contributed by atoms with Crippen LogP contribution in [0.4, 0.5) is 11.6 Å². The second kappa shape index (κ2) is 17.9. The van der Waals surface area contributed by atoms with Crippen molar-refractivity contribution in [3.8, 4) is 11.3 Å². The molecule has 2 fully saturated rings. The molecule has 0 saturated carbocycles. The number of fused-ring (bicyclic) bond motifs is 15. The fourth-order valence-electron chi connectivity index (χ4n) is 11.9. The molecule has 1 amide bonds. The van der Waals surface area contributed by atoms with Gasteiger partial charge in [-0.05, 0) is 71.0 Å². The summed E-state index contributed by atoms with van der Waals surface area (Å²) in [5.41, 5.74) is 20.4. The molecular formula is C54H57ClN14O6. The molecule has 10 aromatic rings. The van der Waals surface area contributed by atoms with E-state index in [4.69, 9.17) is 42.4 Å². The zero-order chi connectivity index (χ0) is 52.4. The van der Waals surface area contributed by atoms with Gasteiger partial charge in [0.2, 0.25) is 0 Å². The first-order valence-electron chi connectivity index (χ1n) is 25.0. The van der Waals surface area contributed by atoms with Gasteiger partial charge in [0.05, 0.1) is 51.0 Å². The molecule has 6 aromatic heterocycles. The number of para-hydroxylation sites is 2. The van der Waals surface area contributed by atoms with Gasteiger partial charge in [0.15, 0.2) is 29.1 Å². The summed E-state index contributed by atoms with van der Waals surface area (Å²) in [5, 5.41) is 37.2. The number of amides is 1. The van der Waals surface area contributed by atoms with Gasteiger partial charge in [-0.15, -0.1) is 0 Å². The van der Waals surface area contributed by atoms with Crippen LogP contribution >= 0.6 is 11.6 Å². The Balaban J connectivity index is 0.000000122. The van der Waals surface area contributed by atoms with E-state index in [0.29, 0.717) is 35.0 Å². The number of nitrogens with zero attached hydrogens (tertiary/aromatic N) is 10. The number of aliphatic hydroxyl groups excluding tert-OH is 2. The first-order chi connectivity index (χ1) is 36.1. The maximum absolute atomic E-state index is 13.3. The average Bonchev–Trinajstić information content (AvgIpc) is 4.36. The molecule has 0 aliphatic carbocycles. The third-order valence-corrected chi connectivity index (χ3v) is 15.5. The number of benzene rings is 4. The maximum atomic E-state index is 13.3. The second-order valence-corrected chi connectivity index (χ2v) is 21.0. The zero-order valence-corrected chi connectivity index (χ0v) is 43.1. The Morgan fingerprint density at radius 3 is 2.24 bits per heavy atom. The number of hydrogen-bond donors (Lipinski definition) is 6. The van der Waals surface area contributed by atoms with Crippen molar-refractivity contribution in [2.45, 2.75) is 108 Å². The summed E-state index contributed by atoms with van der Waals surface area (Å²) >= 11 is 5.95. The molecule has 20 nitrogen and oxygen atoms in total.